The molecule has 0 saturated heterocycles. The van der Waals surface area contributed by atoms with Gasteiger partial charge >= 0.3 is 11.9 Å². The Kier molecular flexibility index (Phi) is 10.2. The van der Waals surface area contributed by atoms with Crippen molar-refractivity contribution in [1.29, 1.82) is 0 Å². The first-order valence-electron chi connectivity index (χ1n) is 15.6. The van der Waals surface area contributed by atoms with Gasteiger partial charge in [0.1, 0.15) is 11.4 Å². The van der Waals surface area contributed by atoms with Crippen LogP contribution in [0.1, 0.15) is 41.2 Å². The number of ether oxygens (including phenoxy) is 1. The Morgan fingerprint density at radius 2 is 1.24 bits per heavy atom. The maximum atomic E-state index is 10.9. The van der Waals surface area contributed by atoms with Crippen molar-refractivity contribution in [3.8, 4) is 5.75 Å². The number of allylic oxidation sites excluding steroid dienone is 2. The fraction of sp³-hybridized carbons (Fsp3) is 0.0769. The minimum Gasteiger partial charge on any atom is -0.497 e. The number of nitrogens with zero attached hydrogens (tertiary/aromatic N) is 2. The number of carbonyl (C=O) groups is 2. The summed E-state index contributed by atoms with van der Waals surface area (Å²) in [5, 5.41) is 21.2. The summed E-state index contributed by atoms with van der Waals surface area (Å²) in [4.78, 5) is 37.1. The number of benzene rings is 2. The predicted octanol–water partition coefficient (Wildman–Crippen LogP) is 8.41. The lowest BCUT2D eigenvalue weighted by Gasteiger charge is -2.08. The zero-order valence-corrected chi connectivity index (χ0v) is 27.9. The van der Waals surface area contributed by atoms with Gasteiger partial charge in [-0.3, -0.25) is 4.79 Å². The Bertz CT molecular complexity index is 2280. The van der Waals surface area contributed by atoms with E-state index in [-0.39, 0.29) is 5.70 Å². The van der Waals surface area contributed by atoms with Crippen molar-refractivity contribution in [2.24, 2.45) is 0 Å². The highest BCUT2D eigenvalue weighted by molar-refractivity contribution is 8.00. The minimum absolute atomic E-state index is 0.225. The molecule has 10 nitrogen and oxygen atoms in total. The molecule has 5 N–H and O–H groups in total. The van der Waals surface area contributed by atoms with Crippen LogP contribution in [-0.2, 0) is 9.59 Å². The van der Waals surface area contributed by atoms with Crippen LogP contribution in [0.25, 0.3) is 57.1 Å². The van der Waals surface area contributed by atoms with Crippen LogP contribution in [0.4, 0.5) is 0 Å². The van der Waals surface area contributed by atoms with Crippen molar-refractivity contribution < 1.29 is 24.5 Å². The average Bonchev–Trinajstić information content (AvgIpc) is 3.95. The number of carboxylic acids is 2. The van der Waals surface area contributed by atoms with Gasteiger partial charge in [-0.05, 0) is 132 Å². The summed E-state index contributed by atoms with van der Waals surface area (Å²) < 4.78 is 7.75. The lowest BCUT2D eigenvalue weighted by atomic mass is 9.98. The summed E-state index contributed by atoms with van der Waals surface area (Å²) >= 11 is 1.25. The summed E-state index contributed by atoms with van der Waals surface area (Å²) in [7, 11) is 1.63. The standard InChI is InChI=1S/C20H14N4.C14H14O3.C5H5NO2S/c1-2-14-10-16-5-6-18(23-16)12-20-8-7-19(24-20)11-17-4-3-15(22-17)9-13(1)21-14;1-9(14(15)16)10-3-4-12-8-13(17-2)6-5-11(12)7-10;7-5(8)4-2-1-3-9-6-4/h1-12,21-22H;3-9H,1-2H3,(H,15,16);1-3,6H,(H,7,8)/t;9-;/m.0./s1. The zero-order valence-electron chi connectivity index (χ0n) is 27.1. The van der Waals surface area contributed by atoms with E-state index in [9.17, 15) is 9.59 Å². The Morgan fingerprint density at radius 3 is 1.74 bits per heavy atom. The number of methoxy groups -OCH3 is 1. The highest BCUT2D eigenvalue weighted by Crippen LogP contribution is 2.25. The lowest BCUT2D eigenvalue weighted by molar-refractivity contribution is -0.138. The molecule has 50 heavy (non-hydrogen) atoms. The molecule has 5 aromatic rings. The molecule has 3 aromatic heterocycles. The van der Waals surface area contributed by atoms with E-state index >= 15 is 0 Å². The van der Waals surface area contributed by atoms with Crippen LogP contribution < -0.4 is 9.46 Å². The Hall–Kier alpha value is -6.33. The monoisotopic (exact) mass is 683 g/mol. The van der Waals surface area contributed by atoms with Crippen molar-refractivity contribution >= 4 is 81.0 Å². The molecular formula is C39H33N5O5S. The zero-order chi connectivity index (χ0) is 35.0. The molecule has 0 unspecified atom stereocenters. The molecule has 11 heteroatoms. The number of hydrogen-bond acceptors (Lipinski definition) is 7. The fourth-order valence-corrected chi connectivity index (χ4v) is 5.65. The topological polar surface area (TPSA) is 153 Å². The van der Waals surface area contributed by atoms with Gasteiger partial charge in [0.25, 0.3) is 0 Å². The second-order valence-corrected chi connectivity index (χ2v) is 12.1. The number of carboxylic acid groups (broad SMARTS) is 2. The molecule has 0 fully saturated rings. The molecule has 0 radical (unpaired) electrons. The molecule has 3 aliphatic heterocycles. The SMILES string of the molecule is C1=Cc2cc3ccc(cc4ccc(cc5nc(cc1n2)C=C5)[nH]4)[nH]3.COc1ccc2cc([C@H](C)C(=O)O)ccc2c1.O=C(O)C1=CC=CSN1. The second-order valence-electron chi connectivity index (χ2n) is 11.4. The van der Waals surface area contributed by atoms with Gasteiger partial charge in [-0.1, -0.05) is 30.3 Å². The van der Waals surface area contributed by atoms with Crippen LogP contribution in [0.15, 0.2) is 108 Å². The Balaban J connectivity index is 0.000000145. The normalized spacial score (nSPS) is 13.2. The van der Waals surface area contributed by atoms with Gasteiger partial charge in [0.2, 0.25) is 0 Å². The van der Waals surface area contributed by atoms with Gasteiger partial charge < -0.3 is 29.6 Å². The highest BCUT2D eigenvalue weighted by Gasteiger charge is 2.13. The average molecular weight is 684 g/mol. The molecule has 0 spiro atoms. The predicted molar refractivity (Wildman–Crippen MR) is 201 cm³/mol. The largest absolute Gasteiger partial charge is 0.497 e. The van der Waals surface area contributed by atoms with E-state index in [2.05, 4.69) is 55.0 Å². The molecule has 6 heterocycles. The molecule has 2 aromatic carbocycles. The van der Waals surface area contributed by atoms with Crippen molar-refractivity contribution in [3.05, 3.63) is 137 Å². The summed E-state index contributed by atoms with van der Waals surface area (Å²) in [6.45, 7) is 1.69. The molecule has 1 atom stereocenters. The number of hydrogen-bond donors (Lipinski definition) is 5. The number of aromatic nitrogens is 4. The van der Waals surface area contributed by atoms with Crippen LogP contribution in [0.3, 0.4) is 0 Å². The molecule has 8 bridgehead atoms. The molecule has 0 saturated carbocycles. The number of rotatable bonds is 4. The maximum absolute atomic E-state index is 10.9. The summed E-state index contributed by atoms with van der Waals surface area (Å²) in [5.41, 5.74) is 8.90. The van der Waals surface area contributed by atoms with E-state index in [1.807, 2.05) is 78.9 Å². The van der Waals surface area contributed by atoms with Gasteiger partial charge in [-0.2, -0.15) is 0 Å². The molecular weight excluding hydrogens is 651 g/mol. The van der Waals surface area contributed by atoms with Gasteiger partial charge in [0.05, 0.1) is 35.8 Å². The molecule has 8 rings (SSSR count). The van der Waals surface area contributed by atoms with Crippen LogP contribution in [0, 0.1) is 0 Å². The van der Waals surface area contributed by atoms with E-state index in [4.69, 9.17) is 14.9 Å². The number of aliphatic carboxylic acids is 2. The van der Waals surface area contributed by atoms with Gasteiger partial charge in [0, 0.05) is 22.1 Å². The van der Waals surface area contributed by atoms with E-state index in [1.165, 1.54) is 18.0 Å². The Labute approximate surface area is 291 Å². The van der Waals surface area contributed by atoms with Gasteiger partial charge in [-0.25, -0.2) is 14.8 Å². The van der Waals surface area contributed by atoms with Crippen LogP contribution in [0.5, 0.6) is 5.75 Å². The van der Waals surface area contributed by atoms with Gasteiger partial charge in [0.15, 0.2) is 0 Å². The second kappa shape index (κ2) is 15.3. The first-order valence-corrected chi connectivity index (χ1v) is 16.5. The first kappa shape index (κ1) is 33.6. The third kappa shape index (κ3) is 8.57. The Morgan fingerprint density at radius 1 is 0.700 bits per heavy atom. The third-order valence-corrected chi connectivity index (χ3v) is 8.42. The van der Waals surface area contributed by atoms with E-state index < -0.39 is 17.9 Å². The quantitative estimate of drug-likeness (QED) is 0.115. The smallest absolute Gasteiger partial charge is 0.352 e. The summed E-state index contributed by atoms with van der Waals surface area (Å²) in [6.07, 6.45) is 11.2. The maximum Gasteiger partial charge on any atom is 0.352 e. The van der Waals surface area contributed by atoms with Crippen molar-refractivity contribution in [2.75, 3.05) is 7.11 Å². The van der Waals surface area contributed by atoms with Crippen molar-refractivity contribution in [2.45, 2.75) is 12.8 Å². The molecule has 3 aliphatic rings. The van der Waals surface area contributed by atoms with Crippen molar-refractivity contribution in [1.82, 2.24) is 24.7 Å². The van der Waals surface area contributed by atoms with Crippen LogP contribution in [-0.4, -0.2) is 49.2 Å². The lowest BCUT2D eigenvalue weighted by Crippen LogP contribution is -2.13. The molecule has 250 valence electrons. The number of H-pyrrole nitrogens is 2. The molecule has 0 amide bonds. The minimum atomic E-state index is -0.924. The van der Waals surface area contributed by atoms with Crippen LogP contribution in [0.2, 0.25) is 0 Å². The highest BCUT2D eigenvalue weighted by atomic mass is 32.2. The molecule has 0 aliphatic carbocycles. The third-order valence-electron chi connectivity index (χ3n) is 7.79. The van der Waals surface area contributed by atoms with Gasteiger partial charge in [-0.15, -0.1) is 0 Å². The summed E-state index contributed by atoms with van der Waals surface area (Å²) in [6, 6.07) is 27.8. The van der Waals surface area contributed by atoms with E-state index in [0.717, 1.165) is 66.9 Å². The first-order chi connectivity index (χ1) is 24.2. The van der Waals surface area contributed by atoms with Crippen LogP contribution >= 0.6 is 11.9 Å². The van der Waals surface area contributed by atoms with Crippen molar-refractivity contribution in [3.63, 3.8) is 0 Å². The summed E-state index contributed by atoms with van der Waals surface area (Å²) in [5.74, 6) is -1.41. The number of nitrogens with one attached hydrogen (secondary N) is 3. The number of fused-ring (bicyclic) bond motifs is 9. The fourth-order valence-electron chi connectivity index (χ4n) is 5.15. The number of aromatic amines is 2. The van der Waals surface area contributed by atoms with E-state index in [1.54, 1.807) is 25.5 Å². The van der Waals surface area contributed by atoms with E-state index in [0.29, 0.717) is 0 Å².